The number of aromatic nitrogens is 3. The predicted octanol–water partition coefficient (Wildman–Crippen LogP) is 3.75. The van der Waals surface area contributed by atoms with Crippen LogP contribution in [0, 0.1) is 0 Å². The topological polar surface area (TPSA) is 62.8 Å². The smallest absolute Gasteiger partial charge is 0.422 e. The predicted molar refractivity (Wildman–Crippen MR) is 90.9 cm³/mol. The lowest BCUT2D eigenvalue weighted by atomic mass is 9.89. The van der Waals surface area contributed by atoms with Crippen LogP contribution in [0.25, 0.3) is 0 Å². The first-order valence-electron chi connectivity index (χ1n) is 7.53. The third kappa shape index (κ3) is 6.91. The molecule has 2 aromatic rings. The lowest BCUT2D eigenvalue weighted by molar-refractivity contribution is -0.154. The average Bonchev–Trinajstić information content (AvgIpc) is 2.94. The maximum atomic E-state index is 12.2. The molecule has 0 aliphatic heterocycles. The lowest BCUT2D eigenvalue weighted by Crippen LogP contribution is -2.20. The fourth-order valence-electron chi connectivity index (χ4n) is 2.23. The summed E-state index contributed by atoms with van der Waals surface area (Å²) in [5.74, 6) is -0.0367. The zero-order valence-corrected chi connectivity index (χ0v) is 15.1. The molecule has 0 bridgehead atoms. The number of rotatable bonds is 6. The molecule has 0 radical (unpaired) electrons. The van der Waals surface area contributed by atoms with Crippen LogP contribution in [0.1, 0.15) is 37.6 Å². The first-order valence-corrected chi connectivity index (χ1v) is 7.53. The van der Waals surface area contributed by atoms with Crippen molar-refractivity contribution >= 4 is 12.4 Å². The summed E-state index contributed by atoms with van der Waals surface area (Å²) in [7, 11) is 0. The van der Waals surface area contributed by atoms with Gasteiger partial charge in [0.15, 0.2) is 6.61 Å². The number of hydrogen-bond donors (Lipinski definition) is 2. The number of ether oxygens (including phenoxy) is 1. The van der Waals surface area contributed by atoms with E-state index in [9.17, 15) is 13.2 Å². The fourth-order valence-corrected chi connectivity index (χ4v) is 2.23. The molecule has 0 atom stereocenters. The summed E-state index contributed by atoms with van der Waals surface area (Å²) >= 11 is 0. The van der Waals surface area contributed by atoms with Crippen LogP contribution in [0.5, 0.6) is 5.88 Å². The third-order valence-corrected chi connectivity index (χ3v) is 3.30. The van der Waals surface area contributed by atoms with Crippen LogP contribution in [0.2, 0.25) is 0 Å². The molecule has 0 aliphatic rings. The highest BCUT2D eigenvalue weighted by Crippen LogP contribution is 2.23. The minimum Gasteiger partial charge on any atom is -0.468 e. The maximum absolute atomic E-state index is 12.2. The van der Waals surface area contributed by atoms with Gasteiger partial charge in [-0.2, -0.15) is 18.3 Å². The Bertz CT molecular complexity index is 668. The lowest BCUT2D eigenvalue weighted by Gasteiger charge is -2.18. The third-order valence-electron chi connectivity index (χ3n) is 3.30. The standard InChI is InChI=1S/C16H21F3N4O.ClH/c1-15(2,3)14-12(9-22-23-14)8-20-7-11-4-5-21-13(6-11)24-10-16(17,18)19;/h4-6,9,20H,7-8,10H2,1-3H3,(H,22,23);1H. The van der Waals surface area contributed by atoms with E-state index in [4.69, 9.17) is 0 Å². The highest BCUT2D eigenvalue weighted by atomic mass is 35.5. The molecule has 25 heavy (non-hydrogen) atoms. The van der Waals surface area contributed by atoms with E-state index >= 15 is 0 Å². The molecule has 5 nitrogen and oxygen atoms in total. The summed E-state index contributed by atoms with van der Waals surface area (Å²) in [5, 5.41) is 10.3. The van der Waals surface area contributed by atoms with E-state index in [1.54, 1.807) is 12.3 Å². The Morgan fingerprint density at radius 2 is 1.92 bits per heavy atom. The van der Waals surface area contributed by atoms with Crippen molar-refractivity contribution in [2.24, 2.45) is 0 Å². The monoisotopic (exact) mass is 378 g/mol. The average molecular weight is 379 g/mol. The SMILES string of the molecule is CC(C)(C)c1[nH]ncc1CNCc1ccnc(OCC(F)(F)F)c1.Cl. The number of aromatic amines is 1. The van der Waals surface area contributed by atoms with Crippen LogP contribution in [-0.4, -0.2) is 28.0 Å². The van der Waals surface area contributed by atoms with Gasteiger partial charge in [-0.1, -0.05) is 20.8 Å². The Morgan fingerprint density at radius 3 is 2.56 bits per heavy atom. The van der Waals surface area contributed by atoms with Gasteiger partial charge in [0.25, 0.3) is 0 Å². The molecule has 0 amide bonds. The van der Waals surface area contributed by atoms with Crippen molar-refractivity contribution < 1.29 is 17.9 Å². The quantitative estimate of drug-likeness (QED) is 0.803. The number of nitrogens with zero attached hydrogens (tertiary/aromatic N) is 2. The first-order chi connectivity index (χ1) is 11.1. The van der Waals surface area contributed by atoms with Crippen molar-refractivity contribution in [1.29, 1.82) is 0 Å². The Balaban J connectivity index is 0.00000312. The minimum absolute atomic E-state index is 0. The highest BCUT2D eigenvalue weighted by Gasteiger charge is 2.28. The van der Waals surface area contributed by atoms with E-state index in [0.29, 0.717) is 13.1 Å². The Morgan fingerprint density at radius 1 is 1.20 bits per heavy atom. The van der Waals surface area contributed by atoms with Crippen molar-refractivity contribution in [1.82, 2.24) is 20.5 Å². The van der Waals surface area contributed by atoms with Gasteiger partial charge in [0.05, 0.1) is 6.20 Å². The molecule has 2 rings (SSSR count). The van der Waals surface area contributed by atoms with Crippen LogP contribution >= 0.6 is 12.4 Å². The Kier molecular flexibility index (Phi) is 7.25. The number of halogens is 4. The molecule has 0 spiro atoms. The van der Waals surface area contributed by atoms with Gasteiger partial charge in [0, 0.05) is 42.0 Å². The number of nitrogens with one attached hydrogen (secondary N) is 2. The van der Waals surface area contributed by atoms with Crippen LogP contribution in [-0.2, 0) is 18.5 Å². The van der Waals surface area contributed by atoms with Crippen LogP contribution in [0.15, 0.2) is 24.5 Å². The zero-order chi connectivity index (χ0) is 17.8. The van der Waals surface area contributed by atoms with Gasteiger partial charge < -0.3 is 10.1 Å². The summed E-state index contributed by atoms with van der Waals surface area (Å²) in [4.78, 5) is 3.78. The molecule has 0 fully saturated rings. The summed E-state index contributed by atoms with van der Waals surface area (Å²) in [6.07, 6.45) is -1.17. The summed E-state index contributed by atoms with van der Waals surface area (Å²) < 4.78 is 41.1. The molecule has 140 valence electrons. The molecule has 0 aromatic carbocycles. The summed E-state index contributed by atoms with van der Waals surface area (Å²) in [6, 6.07) is 3.23. The van der Waals surface area contributed by atoms with Crippen LogP contribution in [0.4, 0.5) is 13.2 Å². The number of hydrogen-bond acceptors (Lipinski definition) is 4. The van der Waals surface area contributed by atoms with Crippen molar-refractivity contribution in [2.45, 2.75) is 45.5 Å². The van der Waals surface area contributed by atoms with Gasteiger partial charge in [-0.15, -0.1) is 12.4 Å². The van der Waals surface area contributed by atoms with E-state index in [2.05, 4.69) is 46.0 Å². The van der Waals surface area contributed by atoms with Gasteiger partial charge >= 0.3 is 6.18 Å². The van der Waals surface area contributed by atoms with Gasteiger partial charge in [0.2, 0.25) is 5.88 Å². The molecule has 0 saturated carbocycles. The van der Waals surface area contributed by atoms with E-state index < -0.39 is 12.8 Å². The van der Waals surface area contributed by atoms with Crippen molar-refractivity contribution in [2.75, 3.05) is 6.61 Å². The number of H-pyrrole nitrogens is 1. The number of pyridine rings is 1. The van der Waals surface area contributed by atoms with E-state index in [-0.39, 0.29) is 23.7 Å². The molecule has 0 unspecified atom stereocenters. The van der Waals surface area contributed by atoms with E-state index in [1.165, 1.54) is 12.3 Å². The molecule has 9 heteroatoms. The molecule has 2 N–H and O–H groups in total. The molecular formula is C16H22ClF3N4O. The van der Waals surface area contributed by atoms with Crippen LogP contribution in [0.3, 0.4) is 0 Å². The largest absolute Gasteiger partial charge is 0.468 e. The van der Waals surface area contributed by atoms with Gasteiger partial charge in [0.1, 0.15) is 0 Å². The molecular weight excluding hydrogens is 357 g/mol. The molecule has 0 aliphatic carbocycles. The Hall–Kier alpha value is -1.80. The van der Waals surface area contributed by atoms with E-state index in [1.807, 2.05) is 0 Å². The second-order valence-corrected chi connectivity index (χ2v) is 6.53. The molecule has 2 aromatic heterocycles. The summed E-state index contributed by atoms with van der Waals surface area (Å²) in [5.41, 5.74) is 2.87. The van der Waals surface area contributed by atoms with Gasteiger partial charge in [-0.3, -0.25) is 5.10 Å². The van der Waals surface area contributed by atoms with Crippen molar-refractivity contribution in [3.8, 4) is 5.88 Å². The number of alkyl halides is 3. The summed E-state index contributed by atoms with van der Waals surface area (Å²) in [6.45, 7) is 6.02. The second kappa shape index (κ2) is 8.53. The van der Waals surface area contributed by atoms with Gasteiger partial charge in [-0.05, 0) is 11.6 Å². The second-order valence-electron chi connectivity index (χ2n) is 6.53. The molecule has 0 saturated heterocycles. The van der Waals surface area contributed by atoms with Gasteiger partial charge in [-0.25, -0.2) is 4.98 Å². The minimum atomic E-state index is -4.37. The normalized spacial score (nSPS) is 11.9. The molecule has 2 heterocycles. The van der Waals surface area contributed by atoms with Crippen LogP contribution < -0.4 is 10.1 Å². The van der Waals surface area contributed by atoms with E-state index in [0.717, 1.165) is 16.8 Å². The Labute approximate surface area is 150 Å². The zero-order valence-electron chi connectivity index (χ0n) is 14.3. The van der Waals surface area contributed by atoms with Crippen molar-refractivity contribution in [3.05, 3.63) is 41.3 Å². The maximum Gasteiger partial charge on any atom is 0.422 e. The highest BCUT2D eigenvalue weighted by molar-refractivity contribution is 5.85. The first kappa shape index (κ1) is 21.2. The fraction of sp³-hybridized carbons (Fsp3) is 0.500. The van der Waals surface area contributed by atoms with Crippen molar-refractivity contribution in [3.63, 3.8) is 0 Å².